The summed E-state index contributed by atoms with van der Waals surface area (Å²) in [4.78, 5) is 4.24. The van der Waals surface area contributed by atoms with Gasteiger partial charge in [-0.25, -0.2) is 4.98 Å². The van der Waals surface area contributed by atoms with Gasteiger partial charge in [0.25, 0.3) is 0 Å². The second-order valence-corrected chi connectivity index (χ2v) is 10.4. The maximum Gasteiger partial charge on any atom is 0.129 e. The topological polar surface area (TPSA) is 12.9 Å². The minimum atomic E-state index is 0.234. The molecule has 0 radical (unpaired) electrons. The number of halogens is 1. The summed E-state index contributed by atoms with van der Waals surface area (Å²) in [7, 11) is 0. The minimum absolute atomic E-state index is 0.234. The highest BCUT2D eigenvalue weighted by molar-refractivity contribution is 7.26. The highest BCUT2D eigenvalue weighted by atomic mass is 35.5. The molecule has 0 saturated heterocycles. The van der Waals surface area contributed by atoms with Gasteiger partial charge in [0.1, 0.15) is 5.15 Å². The standard InChI is InChI=1S/C23H22ClNS/c1-22(2)7-8-23(3,4)18-11-19-16(9-17(18)22)14-6-5-13-12-25-20(24)10-15(13)21(14)26-19/h5-6,9-12H,7-8H2,1-4H3. The van der Waals surface area contributed by atoms with Crippen LogP contribution in [0.3, 0.4) is 0 Å². The van der Waals surface area contributed by atoms with Crippen LogP contribution >= 0.6 is 22.9 Å². The van der Waals surface area contributed by atoms with Crippen LogP contribution in [0.4, 0.5) is 0 Å². The molecule has 2 aromatic heterocycles. The molecule has 2 aromatic carbocycles. The molecule has 0 bridgehead atoms. The lowest BCUT2D eigenvalue weighted by Crippen LogP contribution is -2.33. The summed E-state index contributed by atoms with van der Waals surface area (Å²) in [5.41, 5.74) is 3.52. The molecule has 26 heavy (non-hydrogen) atoms. The molecule has 1 aliphatic carbocycles. The van der Waals surface area contributed by atoms with E-state index >= 15 is 0 Å². The summed E-state index contributed by atoms with van der Waals surface area (Å²) in [6, 6.07) is 11.4. The van der Waals surface area contributed by atoms with E-state index in [-0.39, 0.29) is 10.8 Å². The third kappa shape index (κ3) is 2.25. The number of fused-ring (bicyclic) bond motifs is 6. The Labute approximate surface area is 163 Å². The number of hydrogen-bond donors (Lipinski definition) is 0. The first-order chi connectivity index (χ1) is 12.3. The van der Waals surface area contributed by atoms with Crippen LogP contribution in [0, 0.1) is 0 Å². The van der Waals surface area contributed by atoms with Crippen LogP contribution in [0.1, 0.15) is 51.7 Å². The molecule has 0 atom stereocenters. The number of benzene rings is 2. The second-order valence-electron chi connectivity index (χ2n) is 8.93. The van der Waals surface area contributed by atoms with Crippen molar-refractivity contribution in [3.05, 3.63) is 52.8 Å². The molecule has 0 spiro atoms. The molecule has 2 heterocycles. The third-order valence-electron chi connectivity index (χ3n) is 6.28. The van der Waals surface area contributed by atoms with Crippen LogP contribution in [-0.2, 0) is 10.8 Å². The number of hydrogen-bond acceptors (Lipinski definition) is 2. The Kier molecular flexibility index (Phi) is 3.31. The van der Waals surface area contributed by atoms with Crippen molar-refractivity contribution < 1.29 is 0 Å². The molecule has 0 N–H and O–H groups in total. The van der Waals surface area contributed by atoms with Crippen molar-refractivity contribution in [2.24, 2.45) is 0 Å². The van der Waals surface area contributed by atoms with E-state index in [0.717, 1.165) is 5.39 Å². The second kappa shape index (κ2) is 5.21. The molecular weight excluding hydrogens is 358 g/mol. The summed E-state index contributed by atoms with van der Waals surface area (Å²) in [5, 5.41) is 5.63. The van der Waals surface area contributed by atoms with Gasteiger partial charge in [0.05, 0.1) is 0 Å². The SMILES string of the molecule is CC1(C)CCC(C)(C)c2cc3c(cc21)sc1c2cc(Cl)ncc2ccc31. The Morgan fingerprint density at radius 2 is 1.58 bits per heavy atom. The van der Waals surface area contributed by atoms with Crippen LogP contribution in [-0.4, -0.2) is 4.98 Å². The summed E-state index contributed by atoms with van der Waals surface area (Å²) < 4.78 is 2.70. The molecular formula is C23H22ClNS. The van der Waals surface area contributed by atoms with Crippen molar-refractivity contribution in [3.8, 4) is 0 Å². The molecule has 4 aromatic rings. The Morgan fingerprint density at radius 1 is 0.885 bits per heavy atom. The Morgan fingerprint density at radius 3 is 2.31 bits per heavy atom. The van der Waals surface area contributed by atoms with Crippen molar-refractivity contribution in [1.82, 2.24) is 4.98 Å². The van der Waals surface area contributed by atoms with Gasteiger partial charge in [0, 0.05) is 37.1 Å². The fourth-order valence-corrected chi connectivity index (χ4v) is 5.89. The van der Waals surface area contributed by atoms with E-state index in [0.29, 0.717) is 5.15 Å². The van der Waals surface area contributed by atoms with Gasteiger partial charge in [-0.1, -0.05) is 51.4 Å². The van der Waals surface area contributed by atoms with E-state index in [4.69, 9.17) is 11.6 Å². The largest absolute Gasteiger partial charge is 0.244 e. The molecule has 3 heteroatoms. The smallest absolute Gasteiger partial charge is 0.129 e. The Bertz CT molecular complexity index is 1200. The quantitative estimate of drug-likeness (QED) is 0.286. The van der Waals surface area contributed by atoms with E-state index in [2.05, 4.69) is 56.9 Å². The van der Waals surface area contributed by atoms with Crippen molar-refractivity contribution in [2.45, 2.75) is 51.4 Å². The number of aromatic nitrogens is 1. The van der Waals surface area contributed by atoms with Gasteiger partial charge in [-0.15, -0.1) is 11.3 Å². The zero-order valence-electron chi connectivity index (χ0n) is 15.6. The predicted molar refractivity (Wildman–Crippen MR) is 115 cm³/mol. The predicted octanol–water partition coefficient (Wildman–Crippen LogP) is 7.61. The van der Waals surface area contributed by atoms with Crippen LogP contribution in [0.25, 0.3) is 30.9 Å². The summed E-state index contributed by atoms with van der Waals surface area (Å²) in [6.45, 7) is 9.56. The molecule has 1 nitrogen and oxygen atoms in total. The molecule has 5 rings (SSSR count). The first-order valence-corrected chi connectivity index (χ1v) is 10.4. The van der Waals surface area contributed by atoms with E-state index in [1.807, 2.05) is 23.6 Å². The van der Waals surface area contributed by atoms with Crippen molar-refractivity contribution in [2.75, 3.05) is 0 Å². The van der Waals surface area contributed by atoms with Crippen LogP contribution in [0.5, 0.6) is 0 Å². The molecule has 1 aliphatic rings. The first-order valence-electron chi connectivity index (χ1n) is 9.22. The normalized spacial score (nSPS) is 18.5. The fourth-order valence-electron chi connectivity index (χ4n) is 4.48. The first kappa shape index (κ1) is 16.5. The van der Waals surface area contributed by atoms with Crippen molar-refractivity contribution in [1.29, 1.82) is 0 Å². The van der Waals surface area contributed by atoms with Crippen LogP contribution in [0.15, 0.2) is 36.5 Å². The lowest BCUT2D eigenvalue weighted by molar-refractivity contribution is 0.332. The molecule has 0 fully saturated rings. The van der Waals surface area contributed by atoms with Gasteiger partial charge >= 0.3 is 0 Å². The molecule has 0 amide bonds. The summed E-state index contributed by atoms with van der Waals surface area (Å²) in [6.07, 6.45) is 4.36. The number of rotatable bonds is 0. The van der Waals surface area contributed by atoms with E-state index in [1.54, 1.807) is 0 Å². The lowest BCUT2D eigenvalue weighted by Gasteiger charge is -2.41. The van der Waals surface area contributed by atoms with Gasteiger partial charge in [0.2, 0.25) is 0 Å². The van der Waals surface area contributed by atoms with Crippen LogP contribution in [0.2, 0.25) is 5.15 Å². The number of nitrogens with zero attached hydrogens (tertiary/aromatic N) is 1. The molecule has 0 saturated carbocycles. The molecule has 0 unspecified atom stereocenters. The van der Waals surface area contributed by atoms with Gasteiger partial charge in [-0.2, -0.15) is 0 Å². The van der Waals surface area contributed by atoms with Gasteiger partial charge in [-0.05, 0) is 53.0 Å². The Hall–Kier alpha value is -1.64. The van der Waals surface area contributed by atoms with Gasteiger partial charge < -0.3 is 0 Å². The van der Waals surface area contributed by atoms with Crippen LogP contribution < -0.4 is 0 Å². The summed E-state index contributed by atoms with van der Waals surface area (Å²) >= 11 is 8.08. The van der Waals surface area contributed by atoms with E-state index in [1.165, 1.54) is 49.5 Å². The van der Waals surface area contributed by atoms with E-state index < -0.39 is 0 Å². The summed E-state index contributed by atoms with van der Waals surface area (Å²) in [5.74, 6) is 0. The highest BCUT2D eigenvalue weighted by Gasteiger charge is 2.37. The maximum absolute atomic E-state index is 6.19. The Balaban J connectivity index is 1.92. The third-order valence-corrected chi connectivity index (χ3v) is 7.68. The van der Waals surface area contributed by atoms with Gasteiger partial charge in [-0.3, -0.25) is 0 Å². The fraction of sp³-hybridized carbons (Fsp3) is 0.348. The molecule has 0 aliphatic heterocycles. The molecule has 132 valence electrons. The number of thiophene rings is 1. The zero-order chi connectivity index (χ0) is 18.3. The zero-order valence-corrected chi connectivity index (χ0v) is 17.2. The minimum Gasteiger partial charge on any atom is -0.244 e. The maximum atomic E-state index is 6.19. The van der Waals surface area contributed by atoms with Crippen molar-refractivity contribution >= 4 is 53.9 Å². The number of pyridine rings is 1. The lowest BCUT2D eigenvalue weighted by atomic mass is 9.63. The average molecular weight is 380 g/mol. The monoisotopic (exact) mass is 379 g/mol. The van der Waals surface area contributed by atoms with E-state index in [9.17, 15) is 0 Å². The van der Waals surface area contributed by atoms with Gasteiger partial charge in [0.15, 0.2) is 0 Å². The average Bonchev–Trinajstić information content (AvgIpc) is 2.96. The highest BCUT2D eigenvalue weighted by Crippen LogP contribution is 2.49. The van der Waals surface area contributed by atoms with Crippen molar-refractivity contribution in [3.63, 3.8) is 0 Å².